The zero-order chi connectivity index (χ0) is 23.2. The summed E-state index contributed by atoms with van der Waals surface area (Å²) in [6.07, 6.45) is 0. The van der Waals surface area contributed by atoms with Gasteiger partial charge >= 0.3 is 0 Å². The molecule has 1 atom stereocenters. The first-order chi connectivity index (χ1) is 15.2. The molecule has 2 aromatic carbocycles. The third-order valence-electron chi connectivity index (χ3n) is 5.49. The number of phenols is 1. The minimum atomic E-state index is -1.07. The van der Waals surface area contributed by atoms with Crippen LogP contribution in [0.3, 0.4) is 0 Å². The van der Waals surface area contributed by atoms with Gasteiger partial charge in [0.2, 0.25) is 0 Å². The standard InChI is InChI=1S/C25H23NO6/c1-13-11-14(2)24(31-4)16(12-13)22(28)20-21(19-10-9-15(3)32-19)26(25(30)23(20)29)17-7-5-6-8-18(17)27/h5-12,21,27-28H,1-4H3/b22-20+. The van der Waals surface area contributed by atoms with E-state index in [9.17, 15) is 19.8 Å². The van der Waals surface area contributed by atoms with E-state index in [1.807, 2.05) is 19.9 Å². The Balaban J connectivity index is 2.02. The van der Waals surface area contributed by atoms with Crippen molar-refractivity contribution in [2.24, 2.45) is 0 Å². The van der Waals surface area contributed by atoms with E-state index in [0.29, 0.717) is 17.1 Å². The van der Waals surface area contributed by atoms with E-state index < -0.39 is 17.7 Å². The maximum absolute atomic E-state index is 13.2. The summed E-state index contributed by atoms with van der Waals surface area (Å²) in [5.74, 6) is -1.05. The molecule has 164 valence electrons. The minimum absolute atomic E-state index is 0.139. The number of carbonyl (C=O) groups excluding carboxylic acids is 2. The molecule has 4 rings (SSSR count). The van der Waals surface area contributed by atoms with Crippen molar-refractivity contribution in [2.45, 2.75) is 26.8 Å². The zero-order valence-corrected chi connectivity index (χ0v) is 18.2. The second kappa shape index (κ2) is 7.92. The predicted octanol–water partition coefficient (Wildman–Crippen LogP) is 4.55. The lowest BCUT2D eigenvalue weighted by molar-refractivity contribution is -0.132. The lowest BCUT2D eigenvalue weighted by atomic mass is 9.96. The Morgan fingerprint density at radius 1 is 1.06 bits per heavy atom. The van der Waals surface area contributed by atoms with Crippen LogP contribution < -0.4 is 9.64 Å². The average Bonchev–Trinajstić information content (AvgIpc) is 3.29. The monoisotopic (exact) mass is 433 g/mol. The molecular formula is C25H23NO6. The number of phenolic OH excluding ortho intramolecular Hbond substituents is 1. The summed E-state index contributed by atoms with van der Waals surface area (Å²) in [4.78, 5) is 27.5. The van der Waals surface area contributed by atoms with Gasteiger partial charge in [0.25, 0.3) is 11.7 Å². The molecule has 0 saturated carbocycles. The molecule has 7 nitrogen and oxygen atoms in total. The van der Waals surface area contributed by atoms with Gasteiger partial charge in [0.15, 0.2) is 0 Å². The Morgan fingerprint density at radius 3 is 2.41 bits per heavy atom. The van der Waals surface area contributed by atoms with Gasteiger partial charge in [0, 0.05) is 0 Å². The predicted molar refractivity (Wildman–Crippen MR) is 119 cm³/mol. The number of aromatic hydroxyl groups is 1. The van der Waals surface area contributed by atoms with Gasteiger partial charge in [-0.25, -0.2) is 0 Å². The highest BCUT2D eigenvalue weighted by atomic mass is 16.5. The number of rotatable bonds is 4. The number of aryl methyl sites for hydroxylation is 3. The Bertz CT molecular complexity index is 1270. The van der Waals surface area contributed by atoms with E-state index >= 15 is 0 Å². The quantitative estimate of drug-likeness (QED) is 0.356. The summed E-state index contributed by atoms with van der Waals surface area (Å²) >= 11 is 0. The maximum Gasteiger partial charge on any atom is 0.300 e. The van der Waals surface area contributed by atoms with Gasteiger partial charge in [0.1, 0.15) is 34.8 Å². The summed E-state index contributed by atoms with van der Waals surface area (Å²) < 4.78 is 11.3. The Labute approximate surface area is 185 Å². The molecule has 1 unspecified atom stereocenters. The normalized spacial score (nSPS) is 17.8. The molecule has 0 bridgehead atoms. The first-order valence-corrected chi connectivity index (χ1v) is 10.1. The molecule has 2 N–H and O–H groups in total. The second-order valence-corrected chi connectivity index (χ2v) is 7.77. The van der Waals surface area contributed by atoms with Crippen LogP contribution >= 0.6 is 0 Å². The van der Waals surface area contributed by atoms with Crippen LogP contribution in [0.5, 0.6) is 11.5 Å². The number of nitrogens with zero attached hydrogens (tertiary/aromatic N) is 1. The zero-order valence-electron chi connectivity index (χ0n) is 18.2. The van der Waals surface area contributed by atoms with Crippen LogP contribution in [0.25, 0.3) is 5.76 Å². The number of ether oxygens (including phenoxy) is 1. The number of aliphatic hydroxyl groups is 1. The number of ketones is 1. The Hall–Kier alpha value is -4.00. The van der Waals surface area contributed by atoms with E-state index in [-0.39, 0.29) is 28.5 Å². The largest absolute Gasteiger partial charge is 0.507 e. The lowest BCUT2D eigenvalue weighted by Gasteiger charge is -2.24. The molecule has 1 saturated heterocycles. The molecule has 32 heavy (non-hydrogen) atoms. The van der Waals surface area contributed by atoms with Crippen molar-refractivity contribution < 1.29 is 29.0 Å². The van der Waals surface area contributed by atoms with Gasteiger partial charge in [-0.2, -0.15) is 0 Å². The van der Waals surface area contributed by atoms with Crippen molar-refractivity contribution in [1.82, 2.24) is 0 Å². The molecule has 2 heterocycles. The number of aliphatic hydroxyl groups excluding tert-OH is 1. The van der Waals surface area contributed by atoms with Gasteiger partial charge in [-0.15, -0.1) is 0 Å². The minimum Gasteiger partial charge on any atom is -0.507 e. The maximum atomic E-state index is 13.2. The number of carbonyl (C=O) groups is 2. The first kappa shape index (κ1) is 21.2. The summed E-state index contributed by atoms with van der Waals surface area (Å²) in [6, 6.07) is 12.1. The second-order valence-electron chi connectivity index (χ2n) is 7.77. The van der Waals surface area contributed by atoms with Crippen LogP contribution in [0.2, 0.25) is 0 Å². The van der Waals surface area contributed by atoms with Gasteiger partial charge in [-0.05, 0) is 62.2 Å². The van der Waals surface area contributed by atoms with Gasteiger partial charge in [0.05, 0.1) is 23.9 Å². The summed E-state index contributed by atoms with van der Waals surface area (Å²) in [6.45, 7) is 5.43. The highest BCUT2D eigenvalue weighted by molar-refractivity contribution is 6.51. The summed E-state index contributed by atoms with van der Waals surface area (Å²) in [7, 11) is 1.47. The number of hydrogen-bond donors (Lipinski definition) is 2. The Morgan fingerprint density at radius 2 is 1.78 bits per heavy atom. The number of furan rings is 1. The van der Waals surface area contributed by atoms with E-state index in [1.54, 1.807) is 37.3 Å². The van der Waals surface area contributed by atoms with Crippen LogP contribution in [0.4, 0.5) is 5.69 Å². The number of benzene rings is 2. The van der Waals surface area contributed by atoms with Crippen molar-refractivity contribution in [3.05, 3.63) is 82.3 Å². The number of hydrogen-bond acceptors (Lipinski definition) is 6. The van der Waals surface area contributed by atoms with E-state index in [0.717, 1.165) is 16.0 Å². The highest BCUT2D eigenvalue weighted by Crippen LogP contribution is 2.46. The van der Waals surface area contributed by atoms with E-state index in [4.69, 9.17) is 9.15 Å². The van der Waals surface area contributed by atoms with Crippen molar-refractivity contribution >= 4 is 23.1 Å². The average molecular weight is 433 g/mol. The summed E-state index contributed by atoms with van der Waals surface area (Å²) in [5, 5.41) is 21.7. The number of amides is 1. The van der Waals surface area contributed by atoms with Crippen LogP contribution in [-0.2, 0) is 9.59 Å². The molecule has 0 aliphatic carbocycles. The molecule has 7 heteroatoms. The van der Waals surface area contributed by atoms with Crippen LogP contribution in [0, 0.1) is 20.8 Å². The van der Waals surface area contributed by atoms with Gasteiger partial charge in [-0.3, -0.25) is 14.5 Å². The number of Topliss-reactive ketones (excluding diaryl/α,β-unsaturated/α-hetero) is 1. The smallest absolute Gasteiger partial charge is 0.300 e. The molecule has 3 aromatic rings. The van der Waals surface area contributed by atoms with Crippen LogP contribution in [0.15, 0.2) is 58.5 Å². The third-order valence-corrected chi connectivity index (χ3v) is 5.49. The molecule has 1 fully saturated rings. The SMILES string of the molecule is COc1c(C)cc(C)cc1/C(O)=C1\C(=O)C(=O)N(c2ccccc2O)C1c1ccc(C)o1. The van der Waals surface area contributed by atoms with Gasteiger partial charge < -0.3 is 19.4 Å². The fraction of sp³-hybridized carbons (Fsp3) is 0.200. The molecule has 1 amide bonds. The fourth-order valence-electron chi connectivity index (χ4n) is 4.16. The van der Waals surface area contributed by atoms with Crippen molar-refractivity contribution in [3.63, 3.8) is 0 Å². The van der Waals surface area contributed by atoms with Crippen molar-refractivity contribution in [1.29, 1.82) is 0 Å². The van der Waals surface area contributed by atoms with Crippen molar-refractivity contribution in [2.75, 3.05) is 12.0 Å². The molecular weight excluding hydrogens is 410 g/mol. The van der Waals surface area contributed by atoms with Gasteiger partial charge in [-0.1, -0.05) is 18.2 Å². The molecule has 1 aromatic heterocycles. The van der Waals surface area contributed by atoms with E-state index in [1.165, 1.54) is 19.2 Å². The Kier molecular flexibility index (Phi) is 5.26. The van der Waals surface area contributed by atoms with Crippen LogP contribution in [0.1, 0.15) is 34.3 Å². The lowest BCUT2D eigenvalue weighted by Crippen LogP contribution is -2.29. The van der Waals surface area contributed by atoms with E-state index in [2.05, 4.69) is 0 Å². The number of methoxy groups -OCH3 is 1. The molecule has 1 aliphatic rings. The number of para-hydroxylation sites is 2. The molecule has 0 spiro atoms. The number of anilines is 1. The fourth-order valence-corrected chi connectivity index (χ4v) is 4.16. The third kappa shape index (κ3) is 3.32. The molecule has 1 aliphatic heterocycles. The molecule has 0 radical (unpaired) electrons. The highest BCUT2D eigenvalue weighted by Gasteiger charge is 2.49. The van der Waals surface area contributed by atoms with Crippen molar-refractivity contribution in [3.8, 4) is 11.5 Å². The van der Waals surface area contributed by atoms with Crippen LogP contribution in [-0.4, -0.2) is 29.0 Å². The topological polar surface area (TPSA) is 100 Å². The first-order valence-electron chi connectivity index (χ1n) is 10.1. The summed E-state index contributed by atoms with van der Waals surface area (Å²) in [5.41, 5.74) is 1.92.